The fraction of sp³-hybridized carbons (Fsp3) is 0.214. The number of benzene rings is 1. The zero-order valence-corrected chi connectivity index (χ0v) is 10.6. The summed E-state index contributed by atoms with van der Waals surface area (Å²) in [5.74, 6) is -1.13. The zero-order chi connectivity index (χ0) is 14.4. The number of aliphatic hydroxyl groups is 1. The number of likely N-dealkylation sites (N-methyl/N-ethyl adjacent to an activating group) is 1. The summed E-state index contributed by atoms with van der Waals surface area (Å²) in [6, 6.07) is 4.50. The molecule has 0 radical (unpaired) electrons. The average molecular weight is 259 g/mol. The van der Waals surface area contributed by atoms with Crippen LogP contribution >= 0.6 is 0 Å². The highest BCUT2D eigenvalue weighted by molar-refractivity contribution is 6.14. The zero-order valence-electron chi connectivity index (χ0n) is 10.6. The minimum absolute atomic E-state index is 0.203. The van der Waals surface area contributed by atoms with Gasteiger partial charge in [-0.15, -0.1) is 0 Å². The van der Waals surface area contributed by atoms with E-state index in [-0.39, 0.29) is 11.1 Å². The first kappa shape index (κ1) is 13.2. The van der Waals surface area contributed by atoms with Gasteiger partial charge >= 0.3 is 0 Å². The predicted octanol–water partition coefficient (Wildman–Crippen LogP) is 0.808. The maximum Gasteiger partial charge on any atom is 0.268 e. The number of carbonyl (C=O) groups excluding carboxylic acids is 3. The molecule has 98 valence electrons. The molecule has 1 aromatic carbocycles. The number of Topliss-reactive ketones (excluding diaryl/α,β-unsaturated/α-hetero) is 1. The van der Waals surface area contributed by atoms with Crippen LogP contribution in [0.25, 0.3) is 0 Å². The molecule has 1 aliphatic heterocycles. The minimum Gasteiger partial charge on any atom is -0.372 e. The average Bonchev–Trinajstić information content (AvgIpc) is 2.60. The summed E-state index contributed by atoms with van der Waals surface area (Å²) in [5, 5.41) is 10.6. The molecule has 1 unspecified atom stereocenters. The van der Waals surface area contributed by atoms with Gasteiger partial charge in [-0.1, -0.05) is 6.58 Å². The summed E-state index contributed by atoms with van der Waals surface area (Å²) in [4.78, 5) is 35.7. The lowest BCUT2D eigenvalue weighted by Gasteiger charge is -2.22. The van der Waals surface area contributed by atoms with E-state index in [0.29, 0.717) is 17.5 Å². The van der Waals surface area contributed by atoms with Crippen molar-refractivity contribution < 1.29 is 19.5 Å². The van der Waals surface area contributed by atoms with Gasteiger partial charge < -0.3 is 10.0 Å². The molecule has 2 rings (SSSR count). The highest BCUT2D eigenvalue weighted by Crippen LogP contribution is 2.43. The van der Waals surface area contributed by atoms with E-state index in [2.05, 4.69) is 6.58 Å². The van der Waals surface area contributed by atoms with Gasteiger partial charge in [-0.05, 0) is 25.1 Å². The quantitative estimate of drug-likeness (QED) is 0.644. The van der Waals surface area contributed by atoms with Crippen LogP contribution in [-0.4, -0.2) is 30.1 Å². The summed E-state index contributed by atoms with van der Waals surface area (Å²) in [6.45, 7) is 4.74. The monoisotopic (exact) mass is 259 g/mol. The summed E-state index contributed by atoms with van der Waals surface area (Å²) in [5.41, 5.74) is -1.30. The van der Waals surface area contributed by atoms with Gasteiger partial charge in [0.2, 0.25) is 0 Å². The van der Waals surface area contributed by atoms with Gasteiger partial charge in [0.25, 0.3) is 5.91 Å². The molecule has 0 bridgehead atoms. The normalized spacial score (nSPS) is 21.2. The highest BCUT2D eigenvalue weighted by atomic mass is 16.3. The number of hydrogen-bond donors (Lipinski definition) is 1. The smallest absolute Gasteiger partial charge is 0.268 e. The molecule has 1 aromatic rings. The molecule has 1 N–H and O–H groups in total. The lowest BCUT2D eigenvalue weighted by atomic mass is 9.85. The molecule has 1 aliphatic rings. The van der Waals surface area contributed by atoms with Gasteiger partial charge in [0.1, 0.15) is 6.29 Å². The SMILES string of the molecule is C=C(C(C)=O)C1(O)C(=O)N(C)c2ccc(C=O)cc21. The first-order valence-electron chi connectivity index (χ1n) is 5.64. The largest absolute Gasteiger partial charge is 0.372 e. The Labute approximate surface area is 110 Å². The Morgan fingerprint density at radius 2 is 2.11 bits per heavy atom. The molecule has 1 heterocycles. The van der Waals surface area contributed by atoms with Crippen molar-refractivity contribution in [1.29, 1.82) is 0 Å². The van der Waals surface area contributed by atoms with Gasteiger partial charge in [0.15, 0.2) is 11.4 Å². The lowest BCUT2D eigenvalue weighted by Crippen LogP contribution is -2.41. The van der Waals surface area contributed by atoms with Crippen molar-refractivity contribution >= 4 is 23.7 Å². The summed E-state index contributed by atoms with van der Waals surface area (Å²) >= 11 is 0. The van der Waals surface area contributed by atoms with Crippen LogP contribution in [0.3, 0.4) is 0 Å². The molecule has 0 fully saturated rings. The third-order valence-corrected chi connectivity index (χ3v) is 3.38. The number of amides is 1. The van der Waals surface area contributed by atoms with Gasteiger partial charge in [-0.25, -0.2) is 0 Å². The van der Waals surface area contributed by atoms with Crippen LogP contribution in [0.4, 0.5) is 5.69 Å². The van der Waals surface area contributed by atoms with E-state index in [1.54, 1.807) is 6.07 Å². The molecule has 5 nitrogen and oxygen atoms in total. The molecule has 1 atom stereocenters. The molecule has 19 heavy (non-hydrogen) atoms. The minimum atomic E-state index is -2.09. The number of ketones is 1. The molecule has 5 heteroatoms. The van der Waals surface area contributed by atoms with Gasteiger partial charge in [0, 0.05) is 23.7 Å². The first-order valence-corrected chi connectivity index (χ1v) is 5.64. The van der Waals surface area contributed by atoms with Crippen molar-refractivity contribution in [3.05, 3.63) is 41.5 Å². The molecule has 0 aliphatic carbocycles. The Morgan fingerprint density at radius 3 is 2.63 bits per heavy atom. The third kappa shape index (κ3) is 1.62. The Balaban J connectivity index is 2.72. The van der Waals surface area contributed by atoms with Crippen LogP contribution in [0, 0.1) is 0 Å². The standard InChI is InChI=1S/C14H13NO4/c1-8(9(2)17)14(19)11-6-10(7-16)4-5-12(11)15(3)13(14)18/h4-7,19H,1H2,2-3H3. The number of nitrogens with zero attached hydrogens (tertiary/aromatic N) is 1. The van der Waals surface area contributed by atoms with Crippen molar-refractivity contribution in [2.45, 2.75) is 12.5 Å². The van der Waals surface area contributed by atoms with Gasteiger partial charge in [-0.2, -0.15) is 0 Å². The van der Waals surface area contributed by atoms with E-state index in [0.717, 1.165) is 0 Å². The van der Waals surface area contributed by atoms with Gasteiger partial charge in [-0.3, -0.25) is 14.4 Å². The van der Waals surface area contributed by atoms with Crippen molar-refractivity contribution in [2.75, 3.05) is 11.9 Å². The Hall–Kier alpha value is -2.27. The number of rotatable bonds is 3. The topological polar surface area (TPSA) is 74.7 Å². The number of hydrogen-bond acceptors (Lipinski definition) is 4. The second-order valence-corrected chi connectivity index (χ2v) is 4.50. The van der Waals surface area contributed by atoms with Crippen molar-refractivity contribution in [1.82, 2.24) is 0 Å². The third-order valence-electron chi connectivity index (χ3n) is 3.38. The Morgan fingerprint density at radius 1 is 1.47 bits per heavy atom. The number of anilines is 1. The maximum absolute atomic E-state index is 12.2. The molecular weight excluding hydrogens is 246 g/mol. The van der Waals surface area contributed by atoms with Gasteiger partial charge in [0.05, 0.1) is 5.69 Å². The number of carbonyl (C=O) groups is 3. The van der Waals surface area contributed by atoms with Crippen LogP contribution in [-0.2, 0) is 15.2 Å². The Kier molecular flexibility index (Phi) is 2.87. The highest BCUT2D eigenvalue weighted by Gasteiger charge is 2.51. The van der Waals surface area contributed by atoms with Crippen LogP contribution in [0.5, 0.6) is 0 Å². The molecule has 1 amide bonds. The number of aldehydes is 1. The van der Waals surface area contributed by atoms with E-state index in [9.17, 15) is 19.5 Å². The molecule has 0 aromatic heterocycles. The van der Waals surface area contributed by atoms with Crippen molar-refractivity contribution in [2.24, 2.45) is 0 Å². The van der Waals surface area contributed by atoms with Crippen LogP contribution in [0.2, 0.25) is 0 Å². The van der Waals surface area contributed by atoms with Crippen LogP contribution in [0.1, 0.15) is 22.8 Å². The maximum atomic E-state index is 12.2. The number of fused-ring (bicyclic) bond motifs is 1. The van der Waals surface area contributed by atoms with E-state index < -0.39 is 17.3 Å². The summed E-state index contributed by atoms with van der Waals surface area (Å²) in [6.07, 6.45) is 0.611. The molecule has 0 saturated carbocycles. The fourth-order valence-electron chi connectivity index (χ4n) is 2.22. The van der Waals surface area contributed by atoms with E-state index >= 15 is 0 Å². The van der Waals surface area contributed by atoms with Crippen LogP contribution < -0.4 is 4.90 Å². The summed E-state index contributed by atoms with van der Waals surface area (Å²) < 4.78 is 0. The molecule has 0 saturated heterocycles. The lowest BCUT2D eigenvalue weighted by molar-refractivity contribution is -0.134. The first-order chi connectivity index (χ1) is 8.83. The predicted molar refractivity (Wildman–Crippen MR) is 69.0 cm³/mol. The summed E-state index contributed by atoms with van der Waals surface area (Å²) in [7, 11) is 1.49. The Bertz CT molecular complexity index is 620. The second-order valence-electron chi connectivity index (χ2n) is 4.50. The fourth-order valence-corrected chi connectivity index (χ4v) is 2.22. The van der Waals surface area contributed by atoms with Crippen LogP contribution in [0.15, 0.2) is 30.4 Å². The van der Waals surface area contributed by atoms with E-state index in [4.69, 9.17) is 0 Å². The molecule has 0 spiro atoms. The van der Waals surface area contributed by atoms with E-state index in [1.165, 1.54) is 31.0 Å². The molecular formula is C14H13NO4. The van der Waals surface area contributed by atoms with Crippen molar-refractivity contribution in [3.8, 4) is 0 Å². The van der Waals surface area contributed by atoms with E-state index in [1.807, 2.05) is 0 Å². The van der Waals surface area contributed by atoms with Crippen molar-refractivity contribution in [3.63, 3.8) is 0 Å². The second kappa shape index (κ2) is 4.13.